The van der Waals surface area contributed by atoms with Crippen LogP contribution in [0.1, 0.15) is 30.0 Å². The lowest BCUT2D eigenvalue weighted by Gasteiger charge is -2.12. The maximum atomic E-state index is 5.98. The fraction of sp³-hybridized carbons (Fsp3) is 0.333. The van der Waals surface area contributed by atoms with Crippen molar-refractivity contribution in [3.05, 3.63) is 57.6 Å². The first-order valence-corrected chi connectivity index (χ1v) is 9.06. The van der Waals surface area contributed by atoms with Crippen molar-refractivity contribution in [1.29, 1.82) is 0 Å². The van der Waals surface area contributed by atoms with Gasteiger partial charge in [-0.2, -0.15) is 0 Å². The zero-order valence-corrected chi connectivity index (χ0v) is 14.6. The van der Waals surface area contributed by atoms with Crippen LogP contribution in [0, 0.1) is 0 Å². The van der Waals surface area contributed by atoms with E-state index in [1.807, 2.05) is 11.8 Å². The van der Waals surface area contributed by atoms with Gasteiger partial charge in [0, 0.05) is 20.3 Å². The molecule has 2 aromatic carbocycles. The highest BCUT2D eigenvalue weighted by molar-refractivity contribution is 9.10. The molecule has 0 radical (unpaired) electrons. The summed E-state index contributed by atoms with van der Waals surface area (Å²) in [6.45, 7) is 2.06. The van der Waals surface area contributed by atoms with Crippen molar-refractivity contribution in [2.45, 2.75) is 48.4 Å². The monoisotopic (exact) mass is 361 g/mol. The molecule has 3 heteroatoms. The van der Waals surface area contributed by atoms with E-state index in [0.717, 1.165) is 10.9 Å². The third-order valence-corrected chi connectivity index (χ3v) is 5.45. The van der Waals surface area contributed by atoms with E-state index < -0.39 is 0 Å². The minimum absolute atomic E-state index is 0.186. The molecule has 0 saturated heterocycles. The molecular weight excluding hydrogens is 342 g/mol. The standard InChI is InChI=1S/C18H20BrNS/c1-12(20)9-15-5-7-16(19)11-18(15)21-17-8-6-13-3-2-4-14(13)10-17/h5-8,10-12H,2-4,9,20H2,1H3. The number of halogens is 1. The largest absolute Gasteiger partial charge is 0.328 e. The van der Waals surface area contributed by atoms with Crippen LogP contribution >= 0.6 is 27.7 Å². The molecule has 110 valence electrons. The van der Waals surface area contributed by atoms with Gasteiger partial charge in [0.1, 0.15) is 0 Å². The highest BCUT2D eigenvalue weighted by atomic mass is 79.9. The minimum Gasteiger partial charge on any atom is -0.328 e. The summed E-state index contributed by atoms with van der Waals surface area (Å²) in [5.74, 6) is 0. The number of nitrogens with two attached hydrogens (primary N) is 1. The number of benzene rings is 2. The maximum Gasteiger partial charge on any atom is 0.0186 e. The highest BCUT2D eigenvalue weighted by Crippen LogP contribution is 2.35. The SMILES string of the molecule is CC(N)Cc1ccc(Br)cc1Sc1ccc2c(c1)CCC2. The minimum atomic E-state index is 0.186. The lowest BCUT2D eigenvalue weighted by Crippen LogP contribution is -2.18. The zero-order chi connectivity index (χ0) is 14.8. The zero-order valence-electron chi connectivity index (χ0n) is 12.2. The van der Waals surface area contributed by atoms with Crippen LogP contribution in [-0.2, 0) is 19.3 Å². The van der Waals surface area contributed by atoms with Gasteiger partial charge < -0.3 is 5.73 Å². The topological polar surface area (TPSA) is 26.0 Å². The van der Waals surface area contributed by atoms with Crippen molar-refractivity contribution in [2.24, 2.45) is 5.73 Å². The molecule has 0 fully saturated rings. The Hall–Kier alpha value is -0.770. The summed E-state index contributed by atoms with van der Waals surface area (Å²) in [5.41, 5.74) is 10.4. The molecule has 0 spiro atoms. The van der Waals surface area contributed by atoms with Crippen LogP contribution in [-0.4, -0.2) is 6.04 Å². The Morgan fingerprint density at radius 1 is 1.14 bits per heavy atom. The number of rotatable bonds is 4. The Morgan fingerprint density at radius 3 is 2.76 bits per heavy atom. The molecule has 1 nitrogen and oxygen atoms in total. The molecule has 1 atom stereocenters. The number of hydrogen-bond acceptors (Lipinski definition) is 2. The Labute approximate surface area is 139 Å². The summed E-state index contributed by atoms with van der Waals surface area (Å²) in [4.78, 5) is 2.64. The molecule has 1 unspecified atom stereocenters. The van der Waals surface area contributed by atoms with Gasteiger partial charge in [-0.3, -0.25) is 0 Å². The molecule has 3 rings (SSSR count). The molecule has 0 bridgehead atoms. The fourth-order valence-corrected chi connectivity index (χ4v) is 4.45. The fourth-order valence-electron chi connectivity index (χ4n) is 2.88. The second-order valence-corrected chi connectivity index (χ2v) is 7.85. The van der Waals surface area contributed by atoms with E-state index >= 15 is 0 Å². The first-order valence-electron chi connectivity index (χ1n) is 7.45. The van der Waals surface area contributed by atoms with Crippen LogP contribution < -0.4 is 5.73 Å². The summed E-state index contributed by atoms with van der Waals surface area (Å²) < 4.78 is 1.12. The van der Waals surface area contributed by atoms with Crippen LogP contribution in [0.4, 0.5) is 0 Å². The Balaban J connectivity index is 1.88. The van der Waals surface area contributed by atoms with Gasteiger partial charge in [-0.15, -0.1) is 0 Å². The van der Waals surface area contributed by atoms with E-state index in [4.69, 9.17) is 5.73 Å². The van der Waals surface area contributed by atoms with Gasteiger partial charge in [-0.25, -0.2) is 0 Å². The van der Waals surface area contributed by atoms with Gasteiger partial charge in [0.05, 0.1) is 0 Å². The summed E-state index contributed by atoms with van der Waals surface area (Å²) in [6, 6.07) is 13.6. The number of aryl methyl sites for hydroxylation is 2. The molecule has 0 saturated carbocycles. The second-order valence-electron chi connectivity index (χ2n) is 5.82. The van der Waals surface area contributed by atoms with Crippen molar-refractivity contribution < 1.29 is 0 Å². The first kappa shape index (κ1) is 15.1. The lowest BCUT2D eigenvalue weighted by molar-refractivity contribution is 0.729. The molecule has 0 aromatic heterocycles. The van der Waals surface area contributed by atoms with E-state index in [1.165, 1.54) is 45.7 Å². The lowest BCUT2D eigenvalue weighted by atomic mass is 10.1. The summed E-state index contributed by atoms with van der Waals surface area (Å²) >= 11 is 5.43. The van der Waals surface area contributed by atoms with Crippen LogP contribution in [0.25, 0.3) is 0 Å². The van der Waals surface area contributed by atoms with E-state index in [-0.39, 0.29) is 6.04 Å². The second kappa shape index (κ2) is 6.55. The quantitative estimate of drug-likeness (QED) is 0.830. The van der Waals surface area contributed by atoms with Crippen molar-refractivity contribution >= 4 is 27.7 Å². The maximum absolute atomic E-state index is 5.98. The van der Waals surface area contributed by atoms with E-state index in [0.29, 0.717) is 0 Å². The number of fused-ring (bicyclic) bond motifs is 1. The molecule has 0 amide bonds. The highest BCUT2D eigenvalue weighted by Gasteiger charge is 2.13. The van der Waals surface area contributed by atoms with Crippen LogP contribution in [0.2, 0.25) is 0 Å². The molecule has 0 aliphatic heterocycles. The van der Waals surface area contributed by atoms with E-state index in [2.05, 4.69) is 59.3 Å². The molecule has 0 heterocycles. The molecule has 2 aromatic rings. The average Bonchev–Trinajstić information content (AvgIpc) is 2.89. The van der Waals surface area contributed by atoms with Gasteiger partial charge in [0.15, 0.2) is 0 Å². The average molecular weight is 362 g/mol. The Morgan fingerprint density at radius 2 is 1.95 bits per heavy atom. The van der Waals surface area contributed by atoms with Gasteiger partial charge >= 0.3 is 0 Å². The summed E-state index contributed by atoms with van der Waals surface area (Å²) in [5, 5.41) is 0. The van der Waals surface area contributed by atoms with Crippen molar-refractivity contribution in [1.82, 2.24) is 0 Å². The van der Waals surface area contributed by atoms with Gasteiger partial charge in [-0.05, 0) is 73.6 Å². The molecule has 2 N–H and O–H groups in total. The predicted molar refractivity (Wildman–Crippen MR) is 94.1 cm³/mol. The molecule has 1 aliphatic rings. The van der Waals surface area contributed by atoms with Gasteiger partial charge in [0.2, 0.25) is 0 Å². The summed E-state index contributed by atoms with van der Waals surface area (Å²) in [6.07, 6.45) is 4.69. The van der Waals surface area contributed by atoms with Crippen molar-refractivity contribution in [3.63, 3.8) is 0 Å². The van der Waals surface area contributed by atoms with Crippen LogP contribution in [0.3, 0.4) is 0 Å². The smallest absolute Gasteiger partial charge is 0.0186 e. The Kier molecular flexibility index (Phi) is 4.72. The number of hydrogen-bond donors (Lipinski definition) is 1. The first-order chi connectivity index (χ1) is 10.1. The molecule has 21 heavy (non-hydrogen) atoms. The third kappa shape index (κ3) is 3.71. The molecule has 1 aliphatic carbocycles. The molecular formula is C18H20BrNS. The van der Waals surface area contributed by atoms with Gasteiger partial charge in [-0.1, -0.05) is 39.8 Å². The normalized spacial score (nSPS) is 15.0. The summed E-state index contributed by atoms with van der Waals surface area (Å²) in [7, 11) is 0. The Bertz CT molecular complexity index is 652. The van der Waals surface area contributed by atoms with E-state index in [1.54, 1.807) is 0 Å². The third-order valence-electron chi connectivity index (χ3n) is 3.87. The van der Waals surface area contributed by atoms with Crippen molar-refractivity contribution in [3.8, 4) is 0 Å². The predicted octanol–water partition coefficient (Wildman–Crippen LogP) is 4.98. The van der Waals surface area contributed by atoms with Gasteiger partial charge in [0.25, 0.3) is 0 Å². The van der Waals surface area contributed by atoms with Crippen molar-refractivity contribution in [2.75, 3.05) is 0 Å². The van der Waals surface area contributed by atoms with Crippen LogP contribution in [0.5, 0.6) is 0 Å². The van der Waals surface area contributed by atoms with E-state index in [9.17, 15) is 0 Å². The van der Waals surface area contributed by atoms with Crippen LogP contribution in [0.15, 0.2) is 50.7 Å².